The molecule has 5 nitrogen and oxygen atoms in total. The van der Waals surface area contributed by atoms with Crippen LogP contribution in [0.1, 0.15) is 36.3 Å². The molecule has 26 heavy (non-hydrogen) atoms. The number of nitrogens with zero attached hydrogens (tertiary/aromatic N) is 3. The third-order valence-corrected chi connectivity index (χ3v) is 6.70. The molecule has 1 aromatic heterocycles. The molecule has 1 fully saturated rings. The Bertz CT molecular complexity index is 919. The maximum atomic E-state index is 12.5. The van der Waals surface area contributed by atoms with Crippen LogP contribution in [0.5, 0.6) is 0 Å². The fourth-order valence-electron chi connectivity index (χ4n) is 3.51. The molecule has 2 N–H and O–H groups in total. The molecule has 0 radical (unpaired) electrons. The van der Waals surface area contributed by atoms with Gasteiger partial charge in [-0.1, -0.05) is 13.8 Å². The monoisotopic (exact) mass is 364 g/mol. The van der Waals surface area contributed by atoms with E-state index in [-0.39, 0.29) is 23.4 Å². The lowest BCUT2D eigenvalue weighted by Crippen LogP contribution is -2.57. The Morgan fingerprint density at radius 1 is 1.19 bits per heavy atom. The number of hydrogen-bond donors (Lipinski definition) is 1. The summed E-state index contributed by atoms with van der Waals surface area (Å²) >= 11 is 1.59. The van der Waals surface area contributed by atoms with Crippen LogP contribution in [0.3, 0.4) is 0 Å². The Balaban J connectivity index is 2.02. The second kappa shape index (κ2) is 6.57. The molecule has 0 aliphatic carbocycles. The van der Waals surface area contributed by atoms with Crippen LogP contribution in [0.25, 0.3) is 11.1 Å². The summed E-state index contributed by atoms with van der Waals surface area (Å²) in [6, 6.07) is 11.4. The van der Waals surface area contributed by atoms with E-state index in [1.165, 1.54) is 0 Å². The molecule has 6 heteroatoms. The number of thiophene rings is 1. The summed E-state index contributed by atoms with van der Waals surface area (Å²) in [5.41, 5.74) is 8.55. The maximum Gasteiger partial charge on any atom is 0.227 e. The lowest BCUT2D eigenvalue weighted by atomic mass is 9.70. The van der Waals surface area contributed by atoms with Crippen LogP contribution in [-0.4, -0.2) is 24.0 Å². The van der Waals surface area contributed by atoms with E-state index in [1.807, 2.05) is 12.3 Å². The zero-order valence-electron chi connectivity index (χ0n) is 15.0. The highest BCUT2D eigenvalue weighted by molar-refractivity contribution is 7.10. The van der Waals surface area contributed by atoms with E-state index in [4.69, 9.17) is 5.73 Å². The summed E-state index contributed by atoms with van der Waals surface area (Å²) in [7, 11) is 1.75. The molecule has 2 heterocycles. The number of carbonyl (C=O) groups excluding carboxylic acids is 1. The van der Waals surface area contributed by atoms with Crippen molar-refractivity contribution < 1.29 is 4.79 Å². The predicted molar refractivity (Wildman–Crippen MR) is 101 cm³/mol. The highest BCUT2D eigenvalue weighted by atomic mass is 32.1. The van der Waals surface area contributed by atoms with Gasteiger partial charge in [0, 0.05) is 23.3 Å². The predicted octanol–water partition coefficient (Wildman–Crippen LogP) is 3.20. The molecule has 0 bridgehead atoms. The maximum absolute atomic E-state index is 12.5. The fraction of sp³-hybridized carbons (Fsp3) is 0.350. The smallest absolute Gasteiger partial charge is 0.227 e. The van der Waals surface area contributed by atoms with Gasteiger partial charge in [-0.2, -0.15) is 10.5 Å². The van der Waals surface area contributed by atoms with Gasteiger partial charge in [0.25, 0.3) is 0 Å². The van der Waals surface area contributed by atoms with E-state index >= 15 is 0 Å². The summed E-state index contributed by atoms with van der Waals surface area (Å²) in [5, 5.41) is 20.4. The molecule has 1 aliphatic rings. The van der Waals surface area contributed by atoms with Gasteiger partial charge in [-0.3, -0.25) is 4.79 Å². The van der Waals surface area contributed by atoms with Gasteiger partial charge >= 0.3 is 0 Å². The van der Waals surface area contributed by atoms with Crippen molar-refractivity contribution in [2.24, 2.45) is 11.7 Å². The minimum atomic E-state index is -0.336. The van der Waals surface area contributed by atoms with Gasteiger partial charge in [0.15, 0.2) is 0 Å². The lowest BCUT2D eigenvalue weighted by Gasteiger charge is -2.45. The Morgan fingerprint density at radius 2 is 1.81 bits per heavy atom. The number of nitrogens with two attached hydrogens (primary N) is 1. The number of nitriles is 2. The minimum Gasteiger partial charge on any atom is -0.330 e. The van der Waals surface area contributed by atoms with Gasteiger partial charge in [-0.05, 0) is 47.2 Å². The number of benzene rings is 1. The number of likely N-dealkylation sites (tertiary alicyclic amines) is 1. The molecule has 132 valence electrons. The zero-order valence-corrected chi connectivity index (χ0v) is 15.8. The van der Waals surface area contributed by atoms with Crippen molar-refractivity contribution in [3.05, 3.63) is 45.6 Å². The highest BCUT2D eigenvalue weighted by Crippen LogP contribution is 2.45. The van der Waals surface area contributed by atoms with Crippen molar-refractivity contribution >= 4 is 17.2 Å². The highest BCUT2D eigenvalue weighted by Gasteiger charge is 2.46. The summed E-state index contributed by atoms with van der Waals surface area (Å²) in [4.78, 5) is 15.3. The zero-order chi connectivity index (χ0) is 19.1. The van der Waals surface area contributed by atoms with Crippen molar-refractivity contribution in [3.8, 4) is 23.3 Å². The molecule has 1 aliphatic heterocycles. The van der Waals surface area contributed by atoms with E-state index < -0.39 is 0 Å². The second-order valence-electron chi connectivity index (χ2n) is 7.08. The van der Waals surface area contributed by atoms with Crippen LogP contribution in [-0.2, 0) is 10.2 Å². The minimum absolute atomic E-state index is 0.0550. The normalized spacial score (nSPS) is 25.6. The Hall–Kier alpha value is -2.67. The van der Waals surface area contributed by atoms with Crippen molar-refractivity contribution in [1.29, 1.82) is 10.5 Å². The molecule has 1 amide bonds. The van der Waals surface area contributed by atoms with E-state index in [2.05, 4.69) is 25.1 Å². The van der Waals surface area contributed by atoms with E-state index in [0.29, 0.717) is 17.5 Å². The average Bonchev–Trinajstić information content (AvgIpc) is 3.15. The number of carbonyl (C=O) groups is 1. The lowest BCUT2D eigenvalue weighted by molar-refractivity contribution is -0.143. The number of piperidine rings is 1. The van der Waals surface area contributed by atoms with Crippen LogP contribution in [0, 0.1) is 28.6 Å². The van der Waals surface area contributed by atoms with Gasteiger partial charge in [0.1, 0.15) is 0 Å². The quantitative estimate of drug-likeness (QED) is 0.885. The summed E-state index contributed by atoms with van der Waals surface area (Å²) in [5.74, 6) is -0.113. The molecular formula is C20H20N4OS. The molecule has 1 unspecified atom stereocenters. The molecule has 0 spiro atoms. The first-order valence-corrected chi connectivity index (χ1v) is 9.25. The van der Waals surface area contributed by atoms with E-state index in [1.54, 1.807) is 41.5 Å². The summed E-state index contributed by atoms with van der Waals surface area (Å²) in [6.07, 6.45) is 0.388. The Kier molecular flexibility index (Phi) is 4.58. The standard InChI is InChI=1S/C20H20N4OS/c1-12-19(25)24(3)18(23)8-20(12,2)17-7-16(11-26-17)15-5-13(9-21)4-14(6-15)10-22/h4-7,11-12,18H,8,23H2,1-3H3/t12-,18?,20-/m0/s1. The van der Waals surface area contributed by atoms with E-state index in [9.17, 15) is 15.3 Å². The molecule has 1 saturated heterocycles. The van der Waals surface area contributed by atoms with Crippen molar-refractivity contribution in [2.75, 3.05) is 7.05 Å². The third-order valence-electron chi connectivity index (χ3n) is 5.49. The first-order chi connectivity index (χ1) is 12.3. The average molecular weight is 364 g/mol. The molecule has 0 saturated carbocycles. The number of hydrogen-bond acceptors (Lipinski definition) is 5. The molecule has 3 atom stereocenters. The van der Waals surface area contributed by atoms with Crippen molar-refractivity contribution in [1.82, 2.24) is 4.90 Å². The van der Waals surface area contributed by atoms with Gasteiger partial charge in [-0.15, -0.1) is 11.3 Å². The Labute approximate surface area is 157 Å². The molecule has 3 rings (SSSR count). The third kappa shape index (κ3) is 2.88. The van der Waals surface area contributed by atoms with Gasteiger partial charge < -0.3 is 10.6 Å². The van der Waals surface area contributed by atoms with Crippen molar-refractivity contribution in [2.45, 2.75) is 31.8 Å². The second-order valence-corrected chi connectivity index (χ2v) is 7.99. The Morgan fingerprint density at radius 3 is 2.38 bits per heavy atom. The van der Waals surface area contributed by atoms with Crippen LogP contribution in [0.15, 0.2) is 29.6 Å². The van der Waals surface area contributed by atoms with Gasteiger partial charge in [0.05, 0.1) is 29.4 Å². The SMILES string of the molecule is C[C@H]1C(=O)N(C)C(N)C[C@]1(C)c1cc(-c2cc(C#N)cc(C#N)c2)cs1. The first-order valence-electron chi connectivity index (χ1n) is 8.37. The first kappa shape index (κ1) is 18.1. The van der Waals surface area contributed by atoms with Gasteiger partial charge in [-0.25, -0.2) is 0 Å². The largest absolute Gasteiger partial charge is 0.330 e. The van der Waals surface area contributed by atoms with Gasteiger partial charge in [0.2, 0.25) is 5.91 Å². The molecular weight excluding hydrogens is 344 g/mol. The van der Waals surface area contributed by atoms with Crippen LogP contribution >= 0.6 is 11.3 Å². The molecule has 1 aromatic carbocycles. The number of rotatable bonds is 2. The van der Waals surface area contributed by atoms with Crippen LogP contribution in [0.4, 0.5) is 0 Å². The summed E-state index contributed by atoms with van der Waals surface area (Å²) in [6.45, 7) is 4.04. The fourth-order valence-corrected chi connectivity index (χ4v) is 4.70. The molecule has 2 aromatic rings. The van der Waals surface area contributed by atoms with Crippen LogP contribution < -0.4 is 5.73 Å². The topological polar surface area (TPSA) is 93.9 Å². The van der Waals surface area contributed by atoms with Crippen molar-refractivity contribution in [3.63, 3.8) is 0 Å². The van der Waals surface area contributed by atoms with E-state index in [0.717, 1.165) is 16.0 Å². The van der Waals surface area contributed by atoms with Crippen LogP contribution in [0.2, 0.25) is 0 Å². The summed E-state index contributed by atoms with van der Waals surface area (Å²) < 4.78 is 0. The number of amides is 1.